The van der Waals surface area contributed by atoms with E-state index in [1.54, 1.807) is 0 Å². The third kappa shape index (κ3) is 6.37. The maximum atomic E-state index is 13.8. The first kappa shape index (κ1) is 19.6. The van der Waals surface area contributed by atoms with E-state index >= 15 is 0 Å². The monoisotopic (exact) mass is 341 g/mol. The van der Waals surface area contributed by atoms with Gasteiger partial charge in [-0.25, -0.2) is 19.2 Å². The summed E-state index contributed by atoms with van der Waals surface area (Å²) in [5.41, 5.74) is 0.368. The second-order valence-corrected chi connectivity index (χ2v) is 5.37. The van der Waals surface area contributed by atoms with Gasteiger partial charge in [-0.2, -0.15) is 4.98 Å². The van der Waals surface area contributed by atoms with Gasteiger partial charge in [-0.3, -0.25) is 19.6 Å². The Hall–Kier alpha value is -2.42. The molecule has 0 atom stereocenters. The summed E-state index contributed by atoms with van der Waals surface area (Å²) in [7, 11) is 0. The van der Waals surface area contributed by atoms with Crippen LogP contribution in [0.15, 0.2) is 11.0 Å². The van der Waals surface area contributed by atoms with Crippen molar-refractivity contribution in [3.05, 3.63) is 28.2 Å². The summed E-state index contributed by atoms with van der Waals surface area (Å²) in [6.07, 6.45) is 3.48. The van der Waals surface area contributed by atoms with Crippen LogP contribution in [0.5, 0.6) is 0 Å². The molecule has 0 bridgehead atoms. The fraction of sp³-hybridized carbons (Fsp3) is 0.533. The summed E-state index contributed by atoms with van der Waals surface area (Å²) in [4.78, 5) is 48.6. The minimum Gasteiger partial charge on any atom is -0.299 e. The summed E-state index contributed by atoms with van der Waals surface area (Å²) in [6, 6.07) is 0. The molecule has 24 heavy (non-hydrogen) atoms. The third-order valence-electron chi connectivity index (χ3n) is 3.39. The van der Waals surface area contributed by atoms with Gasteiger partial charge in [0.2, 0.25) is 11.8 Å². The quantitative estimate of drug-likeness (QED) is 0.393. The van der Waals surface area contributed by atoms with E-state index < -0.39 is 23.3 Å². The molecule has 0 unspecified atom stereocenters. The van der Waals surface area contributed by atoms with Gasteiger partial charge in [0.1, 0.15) is 5.78 Å². The molecule has 0 aliphatic rings. The van der Waals surface area contributed by atoms with Gasteiger partial charge >= 0.3 is 5.69 Å². The topological polar surface area (TPSA) is 118 Å². The van der Waals surface area contributed by atoms with Crippen LogP contribution in [-0.2, 0) is 16.0 Å². The third-order valence-corrected chi connectivity index (χ3v) is 3.39. The fourth-order valence-corrected chi connectivity index (χ4v) is 2.11. The number of halogens is 1. The van der Waals surface area contributed by atoms with Gasteiger partial charge in [0.05, 0.1) is 18.3 Å². The van der Waals surface area contributed by atoms with Crippen LogP contribution < -0.4 is 11.2 Å². The zero-order chi connectivity index (χ0) is 18.1. The Morgan fingerprint density at radius 3 is 2.42 bits per heavy atom. The first-order chi connectivity index (χ1) is 11.3. The lowest BCUT2D eigenvalue weighted by Crippen LogP contribution is -2.29. The Kier molecular flexibility index (Phi) is 7.90. The van der Waals surface area contributed by atoms with E-state index in [4.69, 9.17) is 5.21 Å². The maximum absolute atomic E-state index is 13.8. The van der Waals surface area contributed by atoms with Crippen LogP contribution in [0.2, 0.25) is 0 Å². The van der Waals surface area contributed by atoms with E-state index in [2.05, 4.69) is 4.98 Å². The molecule has 0 radical (unpaired) electrons. The number of amides is 1. The number of hydrogen-bond donors (Lipinski definition) is 2. The highest BCUT2D eigenvalue weighted by atomic mass is 19.1. The number of nitrogens with one attached hydrogen (secondary N) is 1. The molecule has 0 aliphatic carbocycles. The Morgan fingerprint density at radius 2 is 1.83 bits per heavy atom. The molecule has 132 valence electrons. The molecule has 1 heterocycles. The molecule has 2 N–H and O–H groups in total. The Labute approximate surface area is 137 Å². The maximum Gasteiger partial charge on any atom is 0.354 e. The van der Waals surface area contributed by atoms with Gasteiger partial charge in [0.15, 0.2) is 5.82 Å². The Bertz CT molecular complexity index is 672. The number of unbranched alkanes of at least 4 members (excludes halogenated alkanes) is 3. The molecular weight excluding hydrogens is 321 g/mol. The number of Topliss-reactive ketones (excluding diaryl/α,β-unsaturated/α-hetero) is 1. The lowest BCUT2D eigenvalue weighted by molar-refractivity contribution is -0.129. The standard InChI is InChI=1S/C15H20FN3O5/c1-10(20)19-9-12(16)13(17-15(19)23)8-11(21)6-4-2-3-5-7-14(22)18-24/h9,24H,2-8H2,1H3,(H,18,22). The van der Waals surface area contributed by atoms with Gasteiger partial charge in [-0.05, 0) is 12.8 Å². The molecule has 1 aromatic rings. The van der Waals surface area contributed by atoms with Gasteiger partial charge < -0.3 is 0 Å². The molecule has 1 aromatic heterocycles. The van der Waals surface area contributed by atoms with E-state index in [1.165, 1.54) is 5.48 Å². The first-order valence-electron chi connectivity index (χ1n) is 7.58. The normalized spacial score (nSPS) is 10.5. The largest absolute Gasteiger partial charge is 0.354 e. The molecule has 0 saturated carbocycles. The number of carbonyl (C=O) groups excluding carboxylic acids is 3. The summed E-state index contributed by atoms with van der Waals surface area (Å²) in [6.45, 7) is 1.11. The number of aromatic nitrogens is 2. The van der Waals surface area contributed by atoms with Crippen LogP contribution in [0.1, 0.15) is 55.9 Å². The molecule has 1 amide bonds. The average molecular weight is 341 g/mol. The summed E-state index contributed by atoms with van der Waals surface area (Å²) in [5.74, 6) is -2.23. The zero-order valence-corrected chi connectivity index (χ0v) is 13.4. The highest BCUT2D eigenvalue weighted by Crippen LogP contribution is 2.09. The van der Waals surface area contributed by atoms with E-state index in [0.717, 1.165) is 19.5 Å². The second kappa shape index (κ2) is 9.66. The molecule has 0 aliphatic heterocycles. The van der Waals surface area contributed by atoms with Gasteiger partial charge in [-0.15, -0.1) is 0 Å². The van der Waals surface area contributed by atoms with Crippen LogP contribution >= 0.6 is 0 Å². The summed E-state index contributed by atoms with van der Waals surface area (Å²) < 4.78 is 14.3. The van der Waals surface area contributed by atoms with Crippen molar-refractivity contribution in [3.8, 4) is 0 Å². The predicted octanol–water partition coefficient (Wildman–Crippen LogP) is 1.00. The van der Waals surface area contributed by atoms with Crippen molar-refractivity contribution >= 4 is 17.6 Å². The Balaban J connectivity index is 2.41. The van der Waals surface area contributed by atoms with Crippen molar-refractivity contribution in [1.82, 2.24) is 15.0 Å². The van der Waals surface area contributed by atoms with Gasteiger partial charge in [-0.1, -0.05) is 12.8 Å². The van der Waals surface area contributed by atoms with Gasteiger partial charge in [0.25, 0.3) is 0 Å². The molecule has 8 nitrogen and oxygen atoms in total. The highest BCUT2D eigenvalue weighted by molar-refractivity contribution is 5.80. The fourth-order valence-electron chi connectivity index (χ4n) is 2.11. The number of rotatable bonds is 9. The SMILES string of the molecule is CC(=O)n1cc(F)c(CC(=O)CCCCCCC(=O)NO)nc1=O. The van der Waals surface area contributed by atoms with Crippen molar-refractivity contribution in [1.29, 1.82) is 0 Å². The second-order valence-electron chi connectivity index (χ2n) is 5.37. The lowest BCUT2D eigenvalue weighted by atomic mass is 10.1. The number of hydroxylamine groups is 1. The van der Waals surface area contributed by atoms with E-state index in [9.17, 15) is 23.6 Å². The first-order valence-corrected chi connectivity index (χ1v) is 7.58. The van der Waals surface area contributed by atoms with Crippen molar-refractivity contribution < 1.29 is 24.0 Å². The minimum atomic E-state index is -0.908. The Morgan fingerprint density at radius 1 is 1.21 bits per heavy atom. The van der Waals surface area contributed by atoms with Gasteiger partial charge in [0, 0.05) is 19.8 Å². The van der Waals surface area contributed by atoms with Crippen molar-refractivity contribution in [2.24, 2.45) is 0 Å². The molecule has 0 fully saturated rings. The minimum absolute atomic E-state index is 0.211. The van der Waals surface area contributed by atoms with E-state index in [0.29, 0.717) is 23.8 Å². The molecule has 1 rings (SSSR count). The molecule has 9 heteroatoms. The number of hydrogen-bond acceptors (Lipinski definition) is 6. The highest BCUT2D eigenvalue weighted by Gasteiger charge is 2.14. The molecule has 0 aromatic carbocycles. The molecule has 0 spiro atoms. The summed E-state index contributed by atoms with van der Waals surface area (Å²) in [5, 5.41) is 8.32. The van der Waals surface area contributed by atoms with Crippen LogP contribution in [-0.4, -0.2) is 32.4 Å². The smallest absolute Gasteiger partial charge is 0.299 e. The lowest BCUT2D eigenvalue weighted by Gasteiger charge is -2.05. The van der Waals surface area contributed by atoms with E-state index in [1.807, 2.05) is 0 Å². The van der Waals surface area contributed by atoms with Crippen LogP contribution in [0, 0.1) is 5.82 Å². The van der Waals surface area contributed by atoms with Crippen molar-refractivity contribution in [2.75, 3.05) is 0 Å². The van der Waals surface area contributed by atoms with Crippen molar-refractivity contribution in [2.45, 2.75) is 51.9 Å². The molecular formula is C15H20FN3O5. The molecule has 0 saturated heterocycles. The summed E-state index contributed by atoms with van der Waals surface area (Å²) >= 11 is 0. The number of carbonyl (C=O) groups is 3. The number of nitrogens with zero attached hydrogens (tertiary/aromatic N) is 2. The van der Waals surface area contributed by atoms with Crippen LogP contribution in [0.3, 0.4) is 0 Å². The predicted molar refractivity (Wildman–Crippen MR) is 81.1 cm³/mol. The van der Waals surface area contributed by atoms with Crippen LogP contribution in [0.25, 0.3) is 0 Å². The van der Waals surface area contributed by atoms with Crippen molar-refractivity contribution in [3.63, 3.8) is 0 Å². The number of ketones is 1. The van der Waals surface area contributed by atoms with Crippen LogP contribution in [0.4, 0.5) is 4.39 Å². The van der Waals surface area contributed by atoms with E-state index in [-0.39, 0.29) is 30.7 Å². The average Bonchev–Trinajstić information content (AvgIpc) is 2.53. The zero-order valence-electron chi connectivity index (χ0n) is 13.4.